The van der Waals surface area contributed by atoms with Gasteiger partial charge in [-0.25, -0.2) is 4.79 Å². The Hall–Kier alpha value is -1.56. The molecule has 0 aromatic carbocycles. The van der Waals surface area contributed by atoms with E-state index in [0.717, 1.165) is 0 Å². The van der Waals surface area contributed by atoms with E-state index in [1.807, 2.05) is 0 Å². The fourth-order valence-corrected chi connectivity index (χ4v) is 0.846. The van der Waals surface area contributed by atoms with Crippen LogP contribution in [-0.4, -0.2) is 33.1 Å². The van der Waals surface area contributed by atoms with Crippen LogP contribution in [0, 0.1) is 0 Å². The number of aromatic amines is 2. The Bertz CT molecular complexity index is 372. The molecule has 14 heavy (non-hydrogen) atoms. The largest absolute Gasteiger partial charge is 0.389 e. The van der Waals surface area contributed by atoms with Gasteiger partial charge in [0.05, 0.1) is 5.60 Å². The van der Waals surface area contributed by atoms with Gasteiger partial charge < -0.3 is 20.4 Å². The molecule has 1 amide bonds. The highest BCUT2D eigenvalue weighted by Crippen LogP contribution is 1.98. The average molecular weight is 199 g/mol. The van der Waals surface area contributed by atoms with Gasteiger partial charge in [0.1, 0.15) is 5.69 Å². The summed E-state index contributed by atoms with van der Waals surface area (Å²) in [6.07, 6.45) is 1.28. The van der Waals surface area contributed by atoms with E-state index in [1.54, 1.807) is 13.8 Å². The molecule has 0 bridgehead atoms. The molecule has 0 aliphatic rings. The second-order valence-corrected chi connectivity index (χ2v) is 3.65. The van der Waals surface area contributed by atoms with Gasteiger partial charge in [0.15, 0.2) is 0 Å². The SMILES string of the molecule is CC(C)(O)CNC(=O)c1c[nH]c(=O)[nH]1. The smallest absolute Gasteiger partial charge is 0.323 e. The van der Waals surface area contributed by atoms with Crippen molar-refractivity contribution in [2.45, 2.75) is 19.4 Å². The Morgan fingerprint density at radius 2 is 2.29 bits per heavy atom. The fourth-order valence-electron chi connectivity index (χ4n) is 0.846. The van der Waals surface area contributed by atoms with Crippen molar-refractivity contribution >= 4 is 5.91 Å². The standard InChI is InChI=1S/C8H13N3O3/c1-8(2,14)4-10-6(12)5-3-9-7(13)11-5/h3,14H,4H2,1-2H3,(H,10,12)(H2,9,11,13). The number of imidazole rings is 1. The molecule has 0 saturated heterocycles. The second kappa shape index (κ2) is 3.67. The van der Waals surface area contributed by atoms with Gasteiger partial charge in [0, 0.05) is 12.7 Å². The van der Waals surface area contributed by atoms with Gasteiger partial charge in [-0.1, -0.05) is 0 Å². The first-order chi connectivity index (χ1) is 6.38. The molecule has 1 heterocycles. The Labute approximate surface area is 80.4 Å². The van der Waals surface area contributed by atoms with Crippen LogP contribution < -0.4 is 11.0 Å². The van der Waals surface area contributed by atoms with E-state index in [0.29, 0.717) is 0 Å². The monoisotopic (exact) mass is 199 g/mol. The van der Waals surface area contributed by atoms with Crippen LogP contribution in [-0.2, 0) is 0 Å². The molecule has 4 N–H and O–H groups in total. The minimum absolute atomic E-state index is 0.124. The maximum Gasteiger partial charge on any atom is 0.323 e. The van der Waals surface area contributed by atoms with Crippen molar-refractivity contribution in [2.75, 3.05) is 6.54 Å². The van der Waals surface area contributed by atoms with Gasteiger partial charge >= 0.3 is 5.69 Å². The number of rotatable bonds is 3. The molecule has 0 fully saturated rings. The molecule has 0 spiro atoms. The van der Waals surface area contributed by atoms with Crippen molar-refractivity contribution in [3.63, 3.8) is 0 Å². The van der Waals surface area contributed by atoms with E-state index in [1.165, 1.54) is 6.20 Å². The van der Waals surface area contributed by atoms with Gasteiger partial charge in [-0.2, -0.15) is 0 Å². The molecular weight excluding hydrogens is 186 g/mol. The molecule has 0 saturated carbocycles. The molecule has 1 rings (SSSR count). The number of nitrogens with one attached hydrogen (secondary N) is 3. The van der Waals surface area contributed by atoms with Gasteiger partial charge in [-0.3, -0.25) is 4.79 Å². The number of hydrogen-bond donors (Lipinski definition) is 4. The summed E-state index contributed by atoms with van der Waals surface area (Å²) in [5.41, 5.74) is -1.25. The molecule has 1 aromatic rings. The first-order valence-electron chi connectivity index (χ1n) is 4.17. The summed E-state index contributed by atoms with van der Waals surface area (Å²) >= 11 is 0. The maximum atomic E-state index is 11.3. The van der Waals surface area contributed by atoms with E-state index >= 15 is 0 Å². The third-order valence-corrected chi connectivity index (χ3v) is 1.52. The number of aliphatic hydroxyl groups is 1. The van der Waals surface area contributed by atoms with Crippen LogP contribution in [0.4, 0.5) is 0 Å². The molecule has 0 unspecified atom stereocenters. The number of carbonyl (C=O) groups is 1. The van der Waals surface area contributed by atoms with E-state index < -0.39 is 17.2 Å². The first kappa shape index (κ1) is 10.5. The van der Waals surface area contributed by atoms with Gasteiger partial charge in [-0.05, 0) is 13.8 Å². The zero-order valence-corrected chi connectivity index (χ0v) is 8.05. The molecule has 1 aromatic heterocycles. The fraction of sp³-hybridized carbons (Fsp3) is 0.500. The average Bonchev–Trinajstić information content (AvgIpc) is 2.46. The van der Waals surface area contributed by atoms with Crippen molar-refractivity contribution in [3.05, 3.63) is 22.4 Å². The lowest BCUT2D eigenvalue weighted by Crippen LogP contribution is -2.38. The van der Waals surface area contributed by atoms with Crippen LogP contribution in [0.15, 0.2) is 11.0 Å². The molecule has 6 nitrogen and oxygen atoms in total. The highest BCUT2D eigenvalue weighted by Gasteiger charge is 2.15. The summed E-state index contributed by atoms with van der Waals surface area (Å²) in [5, 5.41) is 11.8. The summed E-state index contributed by atoms with van der Waals surface area (Å²) in [7, 11) is 0. The number of hydrogen-bond acceptors (Lipinski definition) is 3. The normalized spacial score (nSPS) is 11.4. The van der Waals surface area contributed by atoms with Crippen LogP contribution in [0.25, 0.3) is 0 Å². The first-order valence-corrected chi connectivity index (χ1v) is 4.17. The van der Waals surface area contributed by atoms with Crippen LogP contribution in [0.5, 0.6) is 0 Å². The zero-order chi connectivity index (χ0) is 10.8. The molecule has 0 radical (unpaired) electrons. The van der Waals surface area contributed by atoms with Crippen LogP contribution >= 0.6 is 0 Å². The summed E-state index contributed by atoms with van der Waals surface area (Å²) in [4.78, 5) is 26.6. The second-order valence-electron chi connectivity index (χ2n) is 3.65. The number of carbonyl (C=O) groups excluding carboxylic acids is 1. The number of aromatic nitrogens is 2. The predicted octanol–water partition coefficient (Wildman–Crippen LogP) is -0.796. The minimum Gasteiger partial charge on any atom is -0.389 e. The van der Waals surface area contributed by atoms with Crippen molar-refractivity contribution in [1.29, 1.82) is 0 Å². The van der Waals surface area contributed by atoms with E-state index in [9.17, 15) is 14.7 Å². The van der Waals surface area contributed by atoms with Gasteiger partial charge in [0.2, 0.25) is 0 Å². The third-order valence-electron chi connectivity index (χ3n) is 1.52. The van der Waals surface area contributed by atoms with Crippen molar-refractivity contribution < 1.29 is 9.90 Å². The third kappa shape index (κ3) is 3.06. The molecule has 0 atom stereocenters. The lowest BCUT2D eigenvalue weighted by Gasteiger charge is -2.16. The minimum atomic E-state index is -0.966. The summed E-state index contributed by atoms with van der Waals surface area (Å²) < 4.78 is 0. The molecular formula is C8H13N3O3. The van der Waals surface area contributed by atoms with E-state index in [-0.39, 0.29) is 12.2 Å². The molecule has 78 valence electrons. The Balaban J connectivity index is 2.56. The predicted molar refractivity (Wildman–Crippen MR) is 50.0 cm³/mol. The van der Waals surface area contributed by atoms with Crippen molar-refractivity contribution in [2.24, 2.45) is 0 Å². The molecule has 0 aliphatic carbocycles. The lowest BCUT2D eigenvalue weighted by atomic mass is 10.1. The van der Waals surface area contributed by atoms with E-state index in [2.05, 4.69) is 15.3 Å². The van der Waals surface area contributed by atoms with Crippen molar-refractivity contribution in [3.8, 4) is 0 Å². The molecule has 6 heteroatoms. The Kier molecular flexibility index (Phi) is 2.76. The summed E-state index contributed by atoms with van der Waals surface area (Å²) in [6, 6.07) is 0. The van der Waals surface area contributed by atoms with Crippen LogP contribution in [0.2, 0.25) is 0 Å². The van der Waals surface area contributed by atoms with Crippen LogP contribution in [0.3, 0.4) is 0 Å². The highest BCUT2D eigenvalue weighted by molar-refractivity contribution is 5.91. The topological polar surface area (TPSA) is 98.0 Å². The van der Waals surface area contributed by atoms with Gasteiger partial charge in [0.25, 0.3) is 5.91 Å². The van der Waals surface area contributed by atoms with Crippen molar-refractivity contribution in [1.82, 2.24) is 15.3 Å². The maximum absolute atomic E-state index is 11.3. The highest BCUT2D eigenvalue weighted by atomic mass is 16.3. The van der Waals surface area contributed by atoms with Gasteiger partial charge in [-0.15, -0.1) is 0 Å². The molecule has 0 aliphatic heterocycles. The Morgan fingerprint density at radius 1 is 1.64 bits per heavy atom. The number of H-pyrrole nitrogens is 2. The lowest BCUT2D eigenvalue weighted by molar-refractivity contribution is 0.0692. The zero-order valence-electron chi connectivity index (χ0n) is 8.05. The Morgan fingerprint density at radius 3 is 2.71 bits per heavy atom. The van der Waals surface area contributed by atoms with E-state index in [4.69, 9.17) is 0 Å². The summed E-state index contributed by atoms with van der Waals surface area (Å²) in [5.74, 6) is -0.425. The number of amides is 1. The quantitative estimate of drug-likeness (QED) is 0.513. The summed E-state index contributed by atoms with van der Waals surface area (Å²) in [6.45, 7) is 3.28. The van der Waals surface area contributed by atoms with Crippen LogP contribution in [0.1, 0.15) is 24.3 Å².